The lowest BCUT2D eigenvalue weighted by molar-refractivity contribution is 0.0790. The zero-order chi connectivity index (χ0) is 14.8. The van der Waals surface area contributed by atoms with Crippen LogP contribution < -0.4 is 0 Å². The van der Waals surface area contributed by atoms with Gasteiger partial charge in [0.05, 0.1) is 11.8 Å². The third-order valence-corrected chi connectivity index (χ3v) is 3.86. The Bertz CT molecular complexity index is 651. The van der Waals surface area contributed by atoms with Crippen molar-refractivity contribution in [1.82, 2.24) is 24.6 Å². The lowest BCUT2D eigenvalue weighted by Gasteiger charge is -2.15. The van der Waals surface area contributed by atoms with Gasteiger partial charge in [0, 0.05) is 43.6 Å². The predicted molar refractivity (Wildman–Crippen MR) is 77.9 cm³/mol. The van der Waals surface area contributed by atoms with Crippen molar-refractivity contribution in [1.29, 1.82) is 0 Å². The molecule has 2 aromatic rings. The van der Waals surface area contributed by atoms with Crippen LogP contribution in [0.15, 0.2) is 24.7 Å². The fourth-order valence-electron chi connectivity index (χ4n) is 2.65. The molecule has 1 fully saturated rings. The molecular weight excluding hydrogens is 266 g/mol. The second-order valence-corrected chi connectivity index (χ2v) is 5.38. The van der Waals surface area contributed by atoms with E-state index in [2.05, 4.69) is 15.1 Å². The SMILES string of the molecule is CCn1cc(C(=O)N2CC[C@H](c3nccc(C)n3)C2)cn1. The largest absolute Gasteiger partial charge is 0.338 e. The molecule has 0 aromatic carbocycles. The van der Waals surface area contributed by atoms with Crippen molar-refractivity contribution in [2.24, 2.45) is 0 Å². The van der Waals surface area contributed by atoms with Crippen LogP contribution in [0, 0.1) is 6.92 Å². The van der Waals surface area contributed by atoms with Crippen molar-refractivity contribution in [3.05, 3.63) is 41.7 Å². The second-order valence-electron chi connectivity index (χ2n) is 5.38. The minimum Gasteiger partial charge on any atom is -0.338 e. The molecule has 0 aliphatic carbocycles. The number of carbonyl (C=O) groups is 1. The highest BCUT2D eigenvalue weighted by atomic mass is 16.2. The molecule has 6 nitrogen and oxygen atoms in total. The molecule has 3 rings (SSSR count). The van der Waals surface area contributed by atoms with Gasteiger partial charge in [-0.25, -0.2) is 9.97 Å². The van der Waals surface area contributed by atoms with Crippen LogP contribution in [0.3, 0.4) is 0 Å². The topological polar surface area (TPSA) is 63.9 Å². The number of likely N-dealkylation sites (tertiary alicyclic amines) is 1. The molecule has 1 saturated heterocycles. The molecule has 2 aromatic heterocycles. The minimum atomic E-state index is 0.0462. The van der Waals surface area contributed by atoms with Gasteiger partial charge in [0.25, 0.3) is 5.91 Å². The molecule has 110 valence electrons. The van der Waals surface area contributed by atoms with E-state index in [9.17, 15) is 4.79 Å². The summed E-state index contributed by atoms with van der Waals surface area (Å²) in [5, 5.41) is 4.16. The van der Waals surface area contributed by atoms with E-state index in [1.165, 1.54) is 0 Å². The summed E-state index contributed by atoms with van der Waals surface area (Å²) in [7, 11) is 0. The van der Waals surface area contributed by atoms with E-state index in [0.717, 1.165) is 31.0 Å². The fourth-order valence-corrected chi connectivity index (χ4v) is 2.65. The number of nitrogens with zero attached hydrogens (tertiary/aromatic N) is 5. The van der Waals surface area contributed by atoms with Crippen LogP contribution in [-0.4, -0.2) is 43.6 Å². The average Bonchev–Trinajstić information content (AvgIpc) is 3.16. The first-order chi connectivity index (χ1) is 10.2. The molecule has 0 N–H and O–H groups in total. The van der Waals surface area contributed by atoms with Gasteiger partial charge < -0.3 is 4.90 Å². The molecule has 6 heteroatoms. The van der Waals surface area contributed by atoms with Crippen LogP contribution in [0.1, 0.15) is 41.1 Å². The third kappa shape index (κ3) is 2.79. The van der Waals surface area contributed by atoms with Crippen LogP contribution in [-0.2, 0) is 6.54 Å². The summed E-state index contributed by atoms with van der Waals surface area (Å²) < 4.78 is 1.77. The molecule has 1 amide bonds. The number of hydrogen-bond donors (Lipinski definition) is 0. The molecule has 1 aliphatic rings. The lowest BCUT2D eigenvalue weighted by Crippen LogP contribution is -2.28. The molecule has 1 atom stereocenters. The molecular formula is C15H19N5O. The van der Waals surface area contributed by atoms with Crippen LogP contribution in [0.4, 0.5) is 0 Å². The van der Waals surface area contributed by atoms with Gasteiger partial charge in [-0.2, -0.15) is 5.10 Å². The van der Waals surface area contributed by atoms with Gasteiger partial charge in [-0.15, -0.1) is 0 Å². The quantitative estimate of drug-likeness (QED) is 0.860. The Morgan fingerprint density at radius 3 is 3.05 bits per heavy atom. The average molecular weight is 285 g/mol. The van der Waals surface area contributed by atoms with Gasteiger partial charge >= 0.3 is 0 Å². The first kappa shape index (κ1) is 13.7. The Hall–Kier alpha value is -2.24. The van der Waals surface area contributed by atoms with Crippen molar-refractivity contribution < 1.29 is 4.79 Å². The van der Waals surface area contributed by atoms with Gasteiger partial charge in [-0.3, -0.25) is 9.48 Å². The summed E-state index contributed by atoms with van der Waals surface area (Å²) in [4.78, 5) is 23.1. The standard InChI is InChI=1S/C15H19N5O/c1-3-20-10-13(8-17-20)15(21)19-7-5-12(9-19)14-16-6-4-11(2)18-14/h4,6,8,10,12H,3,5,7,9H2,1-2H3/t12-/m0/s1. The summed E-state index contributed by atoms with van der Waals surface area (Å²) in [6, 6.07) is 1.89. The number of rotatable bonds is 3. The van der Waals surface area contributed by atoms with Crippen LogP contribution in [0.2, 0.25) is 0 Å². The van der Waals surface area contributed by atoms with Crippen LogP contribution in [0.25, 0.3) is 0 Å². The fraction of sp³-hybridized carbons (Fsp3) is 0.467. The lowest BCUT2D eigenvalue weighted by atomic mass is 10.1. The monoisotopic (exact) mass is 285 g/mol. The van der Waals surface area contributed by atoms with Gasteiger partial charge in [-0.05, 0) is 26.3 Å². The Balaban J connectivity index is 1.70. The highest BCUT2D eigenvalue weighted by Gasteiger charge is 2.30. The smallest absolute Gasteiger partial charge is 0.257 e. The number of hydrogen-bond acceptors (Lipinski definition) is 4. The zero-order valence-corrected chi connectivity index (χ0v) is 12.4. The van der Waals surface area contributed by atoms with E-state index in [4.69, 9.17) is 0 Å². The summed E-state index contributed by atoms with van der Waals surface area (Å²) >= 11 is 0. The Labute approximate surface area is 123 Å². The Morgan fingerprint density at radius 2 is 2.33 bits per heavy atom. The predicted octanol–water partition coefficient (Wildman–Crippen LogP) is 1.63. The van der Waals surface area contributed by atoms with Crippen molar-refractivity contribution in [3.63, 3.8) is 0 Å². The molecule has 0 radical (unpaired) electrons. The molecule has 0 spiro atoms. The second kappa shape index (κ2) is 5.63. The van der Waals surface area contributed by atoms with E-state index in [-0.39, 0.29) is 11.8 Å². The number of aromatic nitrogens is 4. The van der Waals surface area contributed by atoms with E-state index < -0.39 is 0 Å². The third-order valence-electron chi connectivity index (χ3n) is 3.86. The highest BCUT2D eigenvalue weighted by molar-refractivity contribution is 5.93. The molecule has 21 heavy (non-hydrogen) atoms. The normalized spacial score (nSPS) is 18.2. The van der Waals surface area contributed by atoms with E-state index >= 15 is 0 Å². The summed E-state index contributed by atoms with van der Waals surface area (Å²) in [5.74, 6) is 1.12. The maximum atomic E-state index is 12.5. The summed E-state index contributed by atoms with van der Waals surface area (Å²) in [5.41, 5.74) is 1.62. The van der Waals surface area contributed by atoms with Gasteiger partial charge in [0.1, 0.15) is 5.82 Å². The van der Waals surface area contributed by atoms with E-state index in [1.54, 1.807) is 23.3 Å². The van der Waals surface area contributed by atoms with Gasteiger partial charge in [0.15, 0.2) is 0 Å². The summed E-state index contributed by atoms with van der Waals surface area (Å²) in [6.45, 7) is 6.16. The van der Waals surface area contributed by atoms with Crippen molar-refractivity contribution >= 4 is 5.91 Å². The number of aryl methyl sites for hydroxylation is 2. The Morgan fingerprint density at radius 1 is 1.48 bits per heavy atom. The number of carbonyl (C=O) groups excluding carboxylic acids is 1. The summed E-state index contributed by atoms with van der Waals surface area (Å²) in [6.07, 6.45) is 6.14. The van der Waals surface area contributed by atoms with Crippen molar-refractivity contribution in [2.75, 3.05) is 13.1 Å². The number of amides is 1. The Kier molecular flexibility index (Phi) is 3.68. The molecule has 3 heterocycles. The van der Waals surface area contributed by atoms with E-state index in [1.807, 2.05) is 24.8 Å². The van der Waals surface area contributed by atoms with Crippen molar-refractivity contribution in [3.8, 4) is 0 Å². The molecule has 1 aliphatic heterocycles. The zero-order valence-electron chi connectivity index (χ0n) is 12.4. The van der Waals surface area contributed by atoms with Crippen LogP contribution >= 0.6 is 0 Å². The maximum absolute atomic E-state index is 12.5. The van der Waals surface area contributed by atoms with E-state index in [0.29, 0.717) is 12.1 Å². The molecule has 0 saturated carbocycles. The maximum Gasteiger partial charge on any atom is 0.257 e. The highest BCUT2D eigenvalue weighted by Crippen LogP contribution is 2.25. The molecule has 0 bridgehead atoms. The van der Waals surface area contributed by atoms with Crippen molar-refractivity contribution in [2.45, 2.75) is 32.7 Å². The first-order valence-electron chi connectivity index (χ1n) is 7.28. The van der Waals surface area contributed by atoms with Gasteiger partial charge in [-0.1, -0.05) is 0 Å². The molecule has 0 unspecified atom stereocenters. The minimum absolute atomic E-state index is 0.0462. The van der Waals surface area contributed by atoms with Gasteiger partial charge in [0.2, 0.25) is 0 Å². The first-order valence-corrected chi connectivity index (χ1v) is 7.28. The van der Waals surface area contributed by atoms with Crippen LogP contribution in [0.5, 0.6) is 0 Å².